The van der Waals surface area contributed by atoms with Crippen molar-refractivity contribution >= 4 is 16.7 Å². The Morgan fingerprint density at radius 2 is 2.00 bits per heavy atom. The van der Waals surface area contributed by atoms with Gasteiger partial charge in [0.2, 0.25) is 0 Å². The largest absolute Gasteiger partial charge is 0.370 e. The van der Waals surface area contributed by atoms with Gasteiger partial charge in [-0.05, 0) is 35.3 Å². The van der Waals surface area contributed by atoms with Gasteiger partial charge in [0.05, 0.1) is 5.69 Å². The van der Waals surface area contributed by atoms with E-state index in [1.54, 1.807) is 0 Å². The molecule has 0 aliphatic carbocycles. The van der Waals surface area contributed by atoms with E-state index in [2.05, 4.69) is 21.3 Å². The zero-order chi connectivity index (χ0) is 9.38. The van der Waals surface area contributed by atoms with E-state index in [4.69, 9.17) is 4.63 Å². The standard InChI is InChI=1S/C10H11N3O/c1-2-7-13(6-1)9-5-3-4-8-10(9)12-14-11-8/h3-5H,1-2,6-7H2. The Bertz CT molecular complexity index is 445. The summed E-state index contributed by atoms with van der Waals surface area (Å²) >= 11 is 0. The third-order valence-electron chi connectivity index (χ3n) is 2.71. The van der Waals surface area contributed by atoms with Crippen molar-refractivity contribution in [2.75, 3.05) is 18.0 Å². The summed E-state index contributed by atoms with van der Waals surface area (Å²) in [5.41, 5.74) is 2.88. The lowest BCUT2D eigenvalue weighted by Gasteiger charge is -2.16. The van der Waals surface area contributed by atoms with Crippen LogP contribution in [0.5, 0.6) is 0 Å². The number of aromatic nitrogens is 2. The Balaban J connectivity index is 2.14. The Kier molecular flexibility index (Phi) is 1.65. The van der Waals surface area contributed by atoms with Crippen molar-refractivity contribution in [3.05, 3.63) is 18.2 Å². The molecule has 72 valence electrons. The molecule has 4 heteroatoms. The van der Waals surface area contributed by atoms with Crippen LogP contribution in [-0.4, -0.2) is 23.4 Å². The van der Waals surface area contributed by atoms with Crippen LogP contribution in [0.2, 0.25) is 0 Å². The zero-order valence-corrected chi connectivity index (χ0v) is 7.81. The van der Waals surface area contributed by atoms with Crippen molar-refractivity contribution < 1.29 is 4.63 Å². The van der Waals surface area contributed by atoms with Gasteiger partial charge in [-0.25, -0.2) is 4.63 Å². The van der Waals surface area contributed by atoms with E-state index < -0.39 is 0 Å². The van der Waals surface area contributed by atoms with Crippen molar-refractivity contribution in [1.82, 2.24) is 10.3 Å². The van der Waals surface area contributed by atoms with Crippen LogP contribution in [0.3, 0.4) is 0 Å². The summed E-state index contributed by atoms with van der Waals surface area (Å²) in [6.07, 6.45) is 2.53. The fraction of sp³-hybridized carbons (Fsp3) is 0.400. The van der Waals surface area contributed by atoms with Gasteiger partial charge < -0.3 is 4.90 Å². The number of fused-ring (bicyclic) bond motifs is 1. The van der Waals surface area contributed by atoms with E-state index >= 15 is 0 Å². The Labute approximate surface area is 81.5 Å². The van der Waals surface area contributed by atoms with E-state index in [0.29, 0.717) is 0 Å². The molecule has 0 spiro atoms. The molecule has 2 aromatic rings. The molecular formula is C10H11N3O. The maximum Gasteiger partial charge on any atom is 0.158 e. The Hall–Kier alpha value is -1.58. The highest BCUT2D eigenvalue weighted by atomic mass is 16.6. The van der Waals surface area contributed by atoms with Gasteiger partial charge in [-0.3, -0.25) is 0 Å². The van der Waals surface area contributed by atoms with Gasteiger partial charge in [-0.15, -0.1) is 0 Å². The molecule has 4 nitrogen and oxygen atoms in total. The fourth-order valence-corrected chi connectivity index (χ4v) is 2.01. The number of anilines is 1. The van der Waals surface area contributed by atoms with Gasteiger partial charge in [-0.2, -0.15) is 0 Å². The first-order chi connectivity index (χ1) is 6.95. The normalized spacial score (nSPS) is 16.7. The molecular weight excluding hydrogens is 178 g/mol. The molecule has 1 aliphatic rings. The van der Waals surface area contributed by atoms with Crippen molar-refractivity contribution in [2.24, 2.45) is 0 Å². The highest BCUT2D eigenvalue weighted by Gasteiger charge is 2.16. The highest BCUT2D eigenvalue weighted by molar-refractivity contribution is 5.87. The number of hydrogen-bond acceptors (Lipinski definition) is 4. The van der Waals surface area contributed by atoms with E-state index in [0.717, 1.165) is 29.8 Å². The summed E-state index contributed by atoms with van der Waals surface area (Å²) in [4.78, 5) is 2.34. The Morgan fingerprint density at radius 3 is 2.86 bits per heavy atom. The minimum atomic E-state index is 0.842. The van der Waals surface area contributed by atoms with Gasteiger partial charge in [0.1, 0.15) is 5.52 Å². The molecule has 0 amide bonds. The molecule has 1 fully saturated rings. The second-order valence-corrected chi connectivity index (χ2v) is 3.60. The van der Waals surface area contributed by atoms with Crippen molar-refractivity contribution in [3.63, 3.8) is 0 Å². The first-order valence-corrected chi connectivity index (χ1v) is 4.91. The van der Waals surface area contributed by atoms with E-state index in [9.17, 15) is 0 Å². The lowest BCUT2D eigenvalue weighted by molar-refractivity contribution is 0.315. The van der Waals surface area contributed by atoms with E-state index in [1.807, 2.05) is 12.1 Å². The molecule has 1 aromatic carbocycles. The highest BCUT2D eigenvalue weighted by Crippen LogP contribution is 2.26. The fourth-order valence-electron chi connectivity index (χ4n) is 2.01. The molecule has 0 saturated carbocycles. The smallest absolute Gasteiger partial charge is 0.158 e. The van der Waals surface area contributed by atoms with Crippen LogP contribution in [0.15, 0.2) is 22.8 Å². The first-order valence-electron chi connectivity index (χ1n) is 4.91. The van der Waals surface area contributed by atoms with Crippen molar-refractivity contribution in [3.8, 4) is 0 Å². The monoisotopic (exact) mass is 189 g/mol. The molecule has 2 heterocycles. The molecule has 3 rings (SSSR count). The van der Waals surface area contributed by atoms with Crippen LogP contribution in [0.1, 0.15) is 12.8 Å². The molecule has 1 aliphatic heterocycles. The lowest BCUT2D eigenvalue weighted by Crippen LogP contribution is -2.17. The van der Waals surface area contributed by atoms with Gasteiger partial charge in [0.15, 0.2) is 5.52 Å². The summed E-state index contributed by atoms with van der Waals surface area (Å²) in [5.74, 6) is 0. The topological polar surface area (TPSA) is 42.2 Å². The van der Waals surface area contributed by atoms with Crippen LogP contribution < -0.4 is 4.90 Å². The van der Waals surface area contributed by atoms with Gasteiger partial charge in [-0.1, -0.05) is 6.07 Å². The van der Waals surface area contributed by atoms with Crippen LogP contribution in [0, 0.1) is 0 Å². The molecule has 0 bridgehead atoms. The van der Waals surface area contributed by atoms with Crippen molar-refractivity contribution in [1.29, 1.82) is 0 Å². The zero-order valence-electron chi connectivity index (χ0n) is 7.81. The third-order valence-corrected chi connectivity index (χ3v) is 2.71. The predicted molar refractivity (Wildman–Crippen MR) is 53.3 cm³/mol. The van der Waals surface area contributed by atoms with Crippen LogP contribution in [0.4, 0.5) is 5.69 Å². The molecule has 0 unspecified atom stereocenters. The molecule has 14 heavy (non-hydrogen) atoms. The maximum absolute atomic E-state index is 4.74. The summed E-state index contributed by atoms with van der Waals surface area (Å²) in [6, 6.07) is 6.00. The quantitative estimate of drug-likeness (QED) is 0.686. The summed E-state index contributed by atoms with van der Waals surface area (Å²) < 4.78 is 4.74. The minimum absolute atomic E-state index is 0.842. The van der Waals surface area contributed by atoms with E-state index in [-0.39, 0.29) is 0 Å². The van der Waals surface area contributed by atoms with Crippen LogP contribution >= 0.6 is 0 Å². The molecule has 0 radical (unpaired) electrons. The predicted octanol–water partition coefficient (Wildman–Crippen LogP) is 1.82. The van der Waals surface area contributed by atoms with Crippen molar-refractivity contribution in [2.45, 2.75) is 12.8 Å². The maximum atomic E-state index is 4.74. The average Bonchev–Trinajstić information content (AvgIpc) is 2.88. The van der Waals surface area contributed by atoms with E-state index in [1.165, 1.54) is 12.8 Å². The summed E-state index contributed by atoms with van der Waals surface area (Å²) in [7, 11) is 0. The average molecular weight is 189 g/mol. The van der Waals surface area contributed by atoms with Gasteiger partial charge in [0, 0.05) is 13.1 Å². The second kappa shape index (κ2) is 2.97. The molecule has 0 atom stereocenters. The lowest BCUT2D eigenvalue weighted by atomic mass is 10.2. The van der Waals surface area contributed by atoms with Gasteiger partial charge in [0.25, 0.3) is 0 Å². The molecule has 1 saturated heterocycles. The first kappa shape index (κ1) is 7.79. The minimum Gasteiger partial charge on any atom is -0.370 e. The summed E-state index contributed by atoms with van der Waals surface area (Å²) in [5, 5.41) is 7.77. The van der Waals surface area contributed by atoms with Crippen LogP contribution in [0.25, 0.3) is 11.0 Å². The third kappa shape index (κ3) is 1.07. The Morgan fingerprint density at radius 1 is 1.14 bits per heavy atom. The second-order valence-electron chi connectivity index (χ2n) is 3.60. The van der Waals surface area contributed by atoms with Crippen LogP contribution in [-0.2, 0) is 0 Å². The molecule has 0 N–H and O–H groups in total. The number of rotatable bonds is 1. The SMILES string of the molecule is c1cc(N2CCCC2)c2nonc2c1. The number of nitrogens with zero attached hydrogens (tertiary/aromatic N) is 3. The van der Waals surface area contributed by atoms with Gasteiger partial charge >= 0.3 is 0 Å². The summed E-state index contributed by atoms with van der Waals surface area (Å²) in [6.45, 7) is 2.23. The number of hydrogen-bond donors (Lipinski definition) is 0. The number of benzene rings is 1. The molecule has 1 aromatic heterocycles.